The average molecular weight is 245 g/mol. The van der Waals surface area contributed by atoms with E-state index in [1.807, 2.05) is 0 Å². The van der Waals surface area contributed by atoms with E-state index >= 15 is 0 Å². The van der Waals surface area contributed by atoms with Gasteiger partial charge in [-0.15, -0.1) is 0 Å². The summed E-state index contributed by atoms with van der Waals surface area (Å²) in [4.78, 5) is 3.60. The normalized spacial score (nSPS) is 27.2. The number of benzene rings is 1. The molecule has 1 aromatic rings. The molecule has 0 radical (unpaired) electrons. The molecule has 1 nitrogen and oxygen atoms in total. The monoisotopic (exact) mass is 245 g/mol. The van der Waals surface area contributed by atoms with Crippen molar-refractivity contribution in [3.8, 4) is 0 Å². The molecule has 2 aliphatic heterocycles. The van der Waals surface area contributed by atoms with Crippen LogP contribution in [0.25, 0.3) is 0 Å². The van der Waals surface area contributed by atoms with Crippen molar-refractivity contribution in [2.24, 2.45) is 11.3 Å². The van der Waals surface area contributed by atoms with E-state index in [0.29, 0.717) is 12.0 Å². The fourth-order valence-corrected chi connectivity index (χ4v) is 3.97. The van der Waals surface area contributed by atoms with Crippen molar-refractivity contribution in [2.75, 3.05) is 6.54 Å². The SMILES string of the molecule is CC(C)(C)[C@@H]1C(=S)N2CCc3ccccc3[C@@H]12. The van der Waals surface area contributed by atoms with Gasteiger partial charge in [-0.25, -0.2) is 0 Å². The molecular formula is C15H19NS. The van der Waals surface area contributed by atoms with E-state index in [1.54, 1.807) is 0 Å². The van der Waals surface area contributed by atoms with Gasteiger partial charge in [0.25, 0.3) is 0 Å². The molecule has 0 aromatic heterocycles. The highest BCUT2D eigenvalue weighted by Gasteiger charge is 2.51. The Labute approximate surface area is 109 Å². The summed E-state index contributed by atoms with van der Waals surface area (Å²) in [7, 11) is 0. The van der Waals surface area contributed by atoms with Gasteiger partial charge in [0.05, 0.1) is 11.0 Å². The number of hydrogen-bond donors (Lipinski definition) is 0. The second kappa shape index (κ2) is 3.55. The molecule has 3 rings (SSSR count). The van der Waals surface area contributed by atoms with Crippen LogP contribution in [0.5, 0.6) is 0 Å². The lowest BCUT2D eigenvalue weighted by Crippen LogP contribution is -2.60. The van der Waals surface area contributed by atoms with Gasteiger partial charge in [0.15, 0.2) is 0 Å². The molecule has 0 amide bonds. The van der Waals surface area contributed by atoms with Crippen molar-refractivity contribution in [1.82, 2.24) is 4.90 Å². The Morgan fingerprint density at radius 1 is 1.24 bits per heavy atom. The summed E-state index contributed by atoms with van der Waals surface area (Å²) >= 11 is 5.61. The maximum Gasteiger partial charge on any atom is 0.0845 e. The summed E-state index contributed by atoms with van der Waals surface area (Å²) < 4.78 is 0. The second-order valence-corrected chi connectivity index (χ2v) is 6.69. The fraction of sp³-hybridized carbons (Fsp3) is 0.533. The molecule has 1 fully saturated rings. The van der Waals surface area contributed by atoms with Crippen LogP contribution in [0.3, 0.4) is 0 Å². The van der Waals surface area contributed by atoms with Crippen LogP contribution < -0.4 is 0 Å². The molecule has 1 saturated heterocycles. The predicted octanol–water partition coefficient (Wildman–Crippen LogP) is 3.59. The van der Waals surface area contributed by atoms with Crippen molar-refractivity contribution in [3.63, 3.8) is 0 Å². The first-order valence-corrected chi connectivity index (χ1v) is 6.79. The number of hydrogen-bond acceptors (Lipinski definition) is 1. The van der Waals surface area contributed by atoms with Gasteiger partial charge in [-0.05, 0) is 23.0 Å². The highest BCUT2D eigenvalue weighted by Crippen LogP contribution is 2.52. The number of nitrogens with zero attached hydrogens (tertiary/aromatic N) is 1. The number of thiocarbonyl (C=S) groups is 1. The average Bonchev–Trinajstić information content (AvgIpc) is 2.25. The maximum absolute atomic E-state index is 5.61. The van der Waals surface area contributed by atoms with Gasteiger partial charge in [-0.2, -0.15) is 0 Å². The van der Waals surface area contributed by atoms with Gasteiger partial charge in [0.1, 0.15) is 0 Å². The Kier molecular flexibility index (Phi) is 2.34. The van der Waals surface area contributed by atoms with Crippen molar-refractivity contribution in [1.29, 1.82) is 0 Å². The molecule has 0 saturated carbocycles. The van der Waals surface area contributed by atoms with Gasteiger partial charge in [0, 0.05) is 12.5 Å². The lowest BCUT2D eigenvalue weighted by atomic mass is 9.66. The molecule has 90 valence electrons. The van der Waals surface area contributed by atoms with E-state index in [0.717, 1.165) is 13.0 Å². The topological polar surface area (TPSA) is 3.24 Å². The van der Waals surface area contributed by atoms with Crippen LogP contribution in [0.1, 0.15) is 37.9 Å². The first-order valence-electron chi connectivity index (χ1n) is 6.38. The largest absolute Gasteiger partial charge is 0.358 e. The molecule has 2 heterocycles. The van der Waals surface area contributed by atoms with E-state index in [2.05, 4.69) is 49.9 Å². The van der Waals surface area contributed by atoms with Gasteiger partial charge in [-0.1, -0.05) is 57.3 Å². The lowest BCUT2D eigenvalue weighted by molar-refractivity contribution is 0.0907. The van der Waals surface area contributed by atoms with Gasteiger partial charge in [-0.3, -0.25) is 0 Å². The quantitative estimate of drug-likeness (QED) is 0.643. The highest BCUT2D eigenvalue weighted by atomic mass is 32.1. The molecule has 1 aromatic carbocycles. The van der Waals surface area contributed by atoms with Crippen LogP contribution in [0.15, 0.2) is 24.3 Å². The Bertz CT molecular complexity index is 472. The summed E-state index contributed by atoms with van der Waals surface area (Å²) in [6.45, 7) is 8.02. The summed E-state index contributed by atoms with van der Waals surface area (Å²) in [5.41, 5.74) is 3.29. The summed E-state index contributed by atoms with van der Waals surface area (Å²) in [6, 6.07) is 9.40. The standard InChI is InChI=1S/C15H19NS/c1-15(2,3)12-13-11-7-5-4-6-10(11)8-9-16(13)14(12)17/h4-7,12-13H,8-9H2,1-3H3/t12-,13-/m0/s1. The van der Waals surface area contributed by atoms with Gasteiger partial charge in [0.2, 0.25) is 0 Å². The van der Waals surface area contributed by atoms with Crippen LogP contribution in [0.4, 0.5) is 0 Å². The molecule has 0 aliphatic carbocycles. The second-order valence-electron chi connectivity index (χ2n) is 6.27. The summed E-state index contributed by atoms with van der Waals surface area (Å²) in [6.07, 6.45) is 1.14. The molecule has 2 heteroatoms. The maximum atomic E-state index is 5.61. The minimum atomic E-state index is 0.267. The third kappa shape index (κ3) is 1.54. The molecular weight excluding hydrogens is 226 g/mol. The molecule has 0 bridgehead atoms. The minimum Gasteiger partial charge on any atom is -0.358 e. The summed E-state index contributed by atoms with van der Waals surface area (Å²) in [5.74, 6) is 0.527. The van der Waals surface area contributed by atoms with Crippen LogP contribution in [0, 0.1) is 11.3 Å². The molecule has 17 heavy (non-hydrogen) atoms. The van der Waals surface area contributed by atoms with Crippen molar-refractivity contribution < 1.29 is 0 Å². The van der Waals surface area contributed by atoms with Crippen molar-refractivity contribution >= 4 is 17.2 Å². The molecule has 2 aliphatic rings. The van der Waals surface area contributed by atoms with Crippen LogP contribution in [0.2, 0.25) is 0 Å². The molecule has 0 spiro atoms. The molecule has 0 unspecified atom stereocenters. The van der Waals surface area contributed by atoms with E-state index in [1.165, 1.54) is 16.1 Å². The lowest BCUT2D eigenvalue weighted by Gasteiger charge is -2.57. The van der Waals surface area contributed by atoms with E-state index in [4.69, 9.17) is 12.2 Å². The minimum absolute atomic E-state index is 0.267. The zero-order valence-corrected chi connectivity index (χ0v) is 11.6. The van der Waals surface area contributed by atoms with Crippen molar-refractivity contribution in [3.05, 3.63) is 35.4 Å². The van der Waals surface area contributed by atoms with Gasteiger partial charge < -0.3 is 4.90 Å². The van der Waals surface area contributed by atoms with Crippen LogP contribution in [-0.4, -0.2) is 16.4 Å². The molecule has 2 atom stereocenters. The Morgan fingerprint density at radius 2 is 1.94 bits per heavy atom. The predicted molar refractivity (Wildman–Crippen MR) is 75.1 cm³/mol. The van der Waals surface area contributed by atoms with Gasteiger partial charge >= 0.3 is 0 Å². The first kappa shape index (κ1) is 11.2. The Morgan fingerprint density at radius 3 is 2.65 bits per heavy atom. The van der Waals surface area contributed by atoms with E-state index in [9.17, 15) is 0 Å². The Hall–Kier alpha value is -0.890. The fourth-order valence-electron chi connectivity index (χ4n) is 3.28. The van der Waals surface area contributed by atoms with E-state index in [-0.39, 0.29) is 5.41 Å². The third-order valence-electron chi connectivity index (χ3n) is 4.13. The zero-order chi connectivity index (χ0) is 12.2. The smallest absolute Gasteiger partial charge is 0.0845 e. The van der Waals surface area contributed by atoms with Crippen LogP contribution in [-0.2, 0) is 6.42 Å². The zero-order valence-electron chi connectivity index (χ0n) is 10.7. The Balaban J connectivity index is 2.03. The number of rotatable bonds is 0. The van der Waals surface area contributed by atoms with Crippen LogP contribution >= 0.6 is 12.2 Å². The van der Waals surface area contributed by atoms with E-state index < -0.39 is 0 Å². The summed E-state index contributed by atoms with van der Waals surface area (Å²) in [5, 5.41) is 0. The first-order chi connectivity index (χ1) is 8.00. The number of fused-ring (bicyclic) bond motifs is 3. The molecule has 0 N–H and O–H groups in total. The highest BCUT2D eigenvalue weighted by molar-refractivity contribution is 7.80. The van der Waals surface area contributed by atoms with Crippen molar-refractivity contribution in [2.45, 2.75) is 33.2 Å². The third-order valence-corrected chi connectivity index (χ3v) is 4.62.